The summed E-state index contributed by atoms with van der Waals surface area (Å²) in [5.41, 5.74) is 0.824. The Hall–Kier alpha value is -2.64. The van der Waals surface area contributed by atoms with Crippen LogP contribution in [0.2, 0.25) is 0 Å². The molecule has 2 N–H and O–H groups in total. The minimum atomic E-state index is -0.528. The summed E-state index contributed by atoms with van der Waals surface area (Å²) in [5.74, 6) is 1.28. The molecule has 8 heteroatoms. The molecule has 0 aromatic carbocycles. The fourth-order valence-corrected chi connectivity index (χ4v) is 3.55. The third-order valence-electron chi connectivity index (χ3n) is 5.06. The number of aliphatic imine (C=N–C) groups is 1. The summed E-state index contributed by atoms with van der Waals surface area (Å²) in [6.45, 7) is 4.99. The molecule has 0 spiro atoms. The number of amides is 3. The second-order valence-corrected chi connectivity index (χ2v) is 7.33. The van der Waals surface area contributed by atoms with Gasteiger partial charge in [-0.05, 0) is 37.8 Å². The molecule has 1 aromatic heterocycles. The SMILES string of the molecule is CCCN1C(=O)C2NC(c3ccc(NC4CC4)nc3)=NC2N(CCC)C1=O. The number of urea groups is 1. The third-order valence-corrected chi connectivity index (χ3v) is 5.06. The lowest BCUT2D eigenvalue weighted by Crippen LogP contribution is -2.65. The Balaban J connectivity index is 1.56. The van der Waals surface area contributed by atoms with Gasteiger partial charge in [0.1, 0.15) is 17.7 Å². The first-order chi connectivity index (χ1) is 13.1. The van der Waals surface area contributed by atoms with Crippen LogP contribution in [0.3, 0.4) is 0 Å². The summed E-state index contributed by atoms with van der Waals surface area (Å²) >= 11 is 0. The fourth-order valence-electron chi connectivity index (χ4n) is 3.55. The number of nitrogens with one attached hydrogen (secondary N) is 2. The van der Waals surface area contributed by atoms with Crippen LogP contribution in [0.5, 0.6) is 0 Å². The molecule has 3 amide bonds. The molecule has 1 aliphatic carbocycles. The molecule has 4 rings (SSSR count). The highest BCUT2D eigenvalue weighted by molar-refractivity contribution is 6.08. The van der Waals surface area contributed by atoms with Crippen LogP contribution in [-0.4, -0.2) is 63.9 Å². The number of carbonyl (C=O) groups is 2. The molecule has 2 unspecified atom stereocenters. The molecule has 1 saturated carbocycles. The molecule has 8 nitrogen and oxygen atoms in total. The maximum Gasteiger partial charge on any atom is 0.328 e. The predicted octanol–water partition coefficient (Wildman–Crippen LogP) is 1.78. The van der Waals surface area contributed by atoms with Gasteiger partial charge in [0.05, 0.1) is 0 Å². The molecule has 1 saturated heterocycles. The number of fused-ring (bicyclic) bond motifs is 1. The van der Waals surface area contributed by atoms with E-state index in [2.05, 4.69) is 20.6 Å². The first kappa shape index (κ1) is 17.8. The lowest BCUT2D eigenvalue weighted by molar-refractivity contribution is -0.134. The molecule has 2 aliphatic heterocycles. The van der Waals surface area contributed by atoms with Crippen molar-refractivity contribution in [2.24, 2.45) is 4.99 Å². The Morgan fingerprint density at radius 1 is 1.19 bits per heavy atom. The summed E-state index contributed by atoms with van der Waals surface area (Å²) in [6, 6.07) is 3.66. The number of pyridine rings is 1. The Morgan fingerprint density at radius 3 is 2.59 bits per heavy atom. The molecular formula is C19H26N6O2. The van der Waals surface area contributed by atoms with Gasteiger partial charge in [0.15, 0.2) is 6.17 Å². The zero-order valence-corrected chi connectivity index (χ0v) is 15.8. The van der Waals surface area contributed by atoms with Crippen LogP contribution in [-0.2, 0) is 4.79 Å². The lowest BCUT2D eigenvalue weighted by Gasteiger charge is -2.40. The monoisotopic (exact) mass is 370 g/mol. The van der Waals surface area contributed by atoms with Crippen LogP contribution < -0.4 is 10.6 Å². The van der Waals surface area contributed by atoms with Crippen LogP contribution in [0, 0.1) is 0 Å². The number of rotatable bonds is 7. The van der Waals surface area contributed by atoms with E-state index >= 15 is 0 Å². The summed E-state index contributed by atoms with van der Waals surface area (Å²) in [5, 5.41) is 6.59. The van der Waals surface area contributed by atoms with Crippen LogP contribution in [0.1, 0.15) is 45.1 Å². The van der Waals surface area contributed by atoms with E-state index in [-0.39, 0.29) is 11.9 Å². The number of hydrogen-bond acceptors (Lipinski definition) is 6. The molecule has 3 heterocycles. The first-order valence-corrected chi connectivity index (χ1v) is 9.81. The van der Waals surface area contributed by atoms with Crippen molar-refractivity contribution in [3.63, 3.8) is 0 Å². The van der Waals surface area contributed by atoms with Gasteiger partial charge >= 0.3 is 6.03 Å². The van der Waals surface area contributed by atoms with E-state index in [9.17, 15) is 9.59 Å². The molecule has 27 heavy (non-hydrogen) atoms. The molecule has 3 aliphatic rings. The Kier molecular flexibility index (Phi) is 4.72. The maximum absolute atomic E-state index is 12.8. The summed E-state index contributed by atoms with van der Waals surface area (Å²) in [6.07, 6.45) is 5.21. The van der Waals surface area contributed by atoms with Crippen molar-refractivity contribution in [3.05, 3.63) is 23.9 Å². The average Bonchev–Trinajstić information content (AvgIpc) is 3.37. The summed E-state index contributed by atoms with van der Waals surface area (Å²) in [7, 11) is 0. The van der Waals surface area contributed by atoms with Gasteiger partial charge in [-0.15, -0.1) is 0 Å². The molecule has 2 atom stereocenters. The van der Waals surface area contributed by atoms with Gasteiger partial charge in [0, 0.05) is 30.9 Å². The van der Waals surface area contributed by atoms with Gasteiger partial charge in [-0.2, -0.15) is 0 Å². The highest BCUT2D eigenvalue weighted by atomic mass is 16.2. The number of anilines is 1. The molecular weight excluding hydrogens is 344 g/mol. The van der Waals surface area contributed by atoms with E-state index < -0.39 is 12.2 Å². The normalized spacial score (nSPS) is 24.6. The molecule has 0 bridgehead atoms. The quantitative estimate of drug-likeness (QED) is 0.764. The van der Waals surface area contributed by atoms with Crippen LogP contribution in [0.15, 0.2) is 23.3 Å². The van der Waals surface area contributed by atoms with Crippen molar-refractivity contribution >= 4 is 23.6 Å². The zero-order valence-electron chi connectivity index (χ0n) is 15.8. The highest BCUT2D eigenvalue weighted by Gasteiger charge is 2.49. The second-order valence-electron chi connectivity index (χ2n) is 7.33. The number of imide groups is 1. The molecule has 0 radical (unpaired) electrons. The van der Waals surface area contributed by atoms with Gasteiger partial charge in [0.25, 0.3) is 5.91 Å². The topological polar surface area (TPSA) is 89.9 Å². The van der Waals surface area contributed by atoms with Crippen LogP contribution in [0.4, 0.5) is 10.6 Å². The van der Waals surface area contributed by atoms with Gasteiger partial charge in [0.2, 0.25) is 0 Å². The van der Waals surface area contributed by atoms with Gasteiger partial charge in [-0.3, -0.25) is 14.6 Å². The summed E-state index contributed by atoms with van der Waals surface area (Å²) in [4.78, 5) is 37.8. The largest absolute Gasteiger partial charge is 0.367 e. The minimum Gasteiger partial charge on any atom is -0.367 e. The standard InChI is InChI=1S/C19H26N6O2/c1-3-9-24-17-15(18(26)25(10-4-2)19(24)27)22-16(23-17)12-5-8-14(20-11-12)21-13-6-7-13/h5,8,11,13,15,17H,3-4,6-7,9-10H2,1-2H3,(H,20,21)(H,22,23). The smallest absolute Gasteiger partial charge is 0.328 e. The number of carbonyl (C=O) groups excluding carboxylic acids is 2. The van der Waals surface area contributed by atoms with Crippen LogP contribution >= 0.6 is 0 Å². The van der Waals surface area contributed by atoms with E-state index in [1.54, 1.807) is 11.1 Å². The van der Waals surface area contributed by atoms with Crippen molar-refractivity contribution in [3.8, 4) is 0 Å². The van der Waals surface area contributed by atoms with E-state index in [0.717, 1.165) is 24.2 Å². The van der Waals surface area contributed by atoms with Crippen molar-refractivity contribution in [1.29, 1.82) is 0 Å². The molecule has 2 fully saturated rings. The van der Waals surface area contributed by atoms with E-state index in [4.69, 9.17) is 0 Å². The third kappa shape index (κ3) is 3.36. The molecule has 1 aromatic rings. The lowest BCUT2D eigenvalue weighted by atomic mass is 10.1. The number of nitrogens with zero attached hydrogens (tertiary/aromatic N) is 4. The average molecular weight is 370 g/mol. The second kappa shape index (κ2) is 7.17. The maximum atomic E-state index is 12.8. The number of aromatic nitrogens is 1. The minimum absolute atomic E-state index is 0.196. The van der Waals surface area contributed by atoms with E-state index in [1.165, 1.54) is 17.7 Å². The fraction of sp³-hybridized carbons (Fsp3) is 0.579. The Morgan fingerprint density at radius 2 is 1.96 bits per heavy atom. The van der Waals surface area contributed by atoms with Crippen molar-refractivity contribution in [2.75, 3.05) is 18.4 Å². The van der Waals surface area contributed by atoms with Crippen LogP contribution in [0.25, 0.3) is 0 Å². The van der Waals surface area contributed by atoms with E-state index in [1.807, 2.05) is 26.0 Å². The van der Waals surface area contributed by atoms with E-state index in [0.29, 0.717) is 25.0 Å². The molecule has 144 valence electrons. The summed E-state index contributed by atoms with van der Waals surface area (Å²) < 4.78 is 0. The Labute approximate surface area is 159 Å². The first-order valence-electron chi connectivity index (χ1n) is 9.81. The van der Waals surface area contributed by atoms with Gasteiger partial charge in [-0.25, -0.2) is 14.8 Å². The van der Waals surface area contributed by atoms with Gasteiger partial charge in [-0.1, -0.05) is 13.8 Å². The predicted molar refractivity (Wildman–Crippen MR) is 103 cm³/mol. The van der Waals surface area contributed by atoms with Crippen molar-refractivity contribution in [1.82, 2.24) is 20.1 Å². The number of amidine groups is 1. The number of hydrogen-bond donors (Lipinski definition) is 2. The zero-order chi connectivity index (χ0) is 19.0. The van der Waals surface area contributed by atoms with Gasteiger partial charge < -0.3 is 10.6 Å². The van der Waals surface area contributed by atoms with Crippen molar-refractivity contribution < 1.29 is 9.59 Å². The van der Waals surface area contributed by atoms with Crippen molar-refractivity contribution in [2.45, 2.75) is 57.8 Å². The highest BCUT2D eigenvalue weighted by Crippen LogP contribution is 2.26. The Bertz CT molecular complexity index is 758.